The predicted molar refractivity (Wildman–Crippen MR) is 113 cm³/mol. The average molecular weight is 479 g/mol. The van der Waals surface area contributed by atoms with E-state index in [9.17, 15) is 0 Å². The number of hydrogen-bond donors (Lipinski definition) is 2. The zero-order valence-electron chi connectivity index (χ0n) is 13.8. The highest BCUT2D eigenvalue weighted by Crippen LogP contribution is 2.25. The van der Waals surface area contributed by atoms with Crippen LogP contribution < -0.4 is 10.6 Å². The van der Waals surface area contributed by atoms with Crippen molar-refractivity contribution in [2.45, 2.75) is 26.4 Å². The highest BCUT2D eigenvalue weighted by Gasteiger charge is 2.10. The third-order valence-electron chi connectivity index (χ3n) is 3.56. The molecule has 130 valence electrons. The predicted octanol–water partition coefficient (Wildman–Crippen LogP) is 4.74. The molecule has 1 aromatic carbocycles. The second-order valence-corrected chi connectivity index (χ2v) is 6.05. The summed E-state index contributed by atoms with van der Waals surface area (Å²) >= 11 is 12.0. The molecule has 2 aromatic rings. The molecular weight excluding hydrogens is 458 g/mol. The molecule has 7 heteroatoms. The molecule has 0 spiro atoms. The van der Waals surface area contributed by atoms with E-state index >= 15 is 0 Å². The Balaban J connectivity index is 0.00000288. The summed E-state index contributed by atoms with van der Waals surface area (Å²) in [6.45, 7) is 4.69. The molecule has 0 bridgehead atoms. The van der Waals surface area contributed by atoms with Crippen molar-refractivity contribution in [3.8, 4) is 0 Å². The van der Waals surface area contributed by atoms with Crippen LogP contribution in [0.3, 0.4) is 0 Å². The van der Waals surface area contributed by atoms with Crippen molar-refractivity contribution in [3.05, 3.63) is 63.4 Å². The van der Waals surface area contributed by atoms with Crippen LogP contribution >= 0.6 is 47.2 Å². The number of rotatable bonds is 4. The number of aryl methyl sites for hydroxylation is 1. The Morgan fingerprint density at radius 3 is 2.62 bits per heavy atom. The number of nitrogens with one attached hydrogen (secondary N) is 2. The Labute approximate surface area is 170 Å². The van der Waals surface area contributed by atoms with Gasteiger partial charge in [0.1, 0.15) is 0 Å². The Kier molecular flexibility index (Phi) is 8.80. The second kappa shape index (κ2) is 10.1. The van der Waals surface area contributed by atoms with E-state index in [2.05, 4.69) is 20.6 Å². The van der Waals surface area contributed by atoms with Gasteiger partial charge >= 0.3 is 0 Å². The molecule has 0 aliphatic heterocycles. The third-order valence-corrected chi connectivity index (χ3v) is 4.30. The fourth-order valence-electron chi connectivity index (χ4n) is 2.14. The van der Waals surface area contributed by atoms with Gasteiger partial charge in [0.15, 0.2) is 5.96 Å². The lowest BCUT2D eigenvalue weighted by atomic mass is 10.1. The number of aliphatic imine (C=N–C) groups is 1. The van der Waals surface area contributed by atoms with Crippen molar-refractivity contribution in [2.24, 2.45) is 4.99 Å². The Morgan fingerprint density at radius 1 is 1.25 bits per heavy atom. The molecule has 0 aliphatic rings. The number of aromatic nitrogens is 1. The zero-order valence-corrected chi connectivity index (χ0v) is 17.6. The first kappa shape index (κ1) is 21.0. The van der Waals surface area contributed by atoms with Gasteiger partial charge < -0.3 is 10.6 Å². The van der Waals surface area contributed by atoms with Crippen LogP contribution in [0.1, 0.15) is 29.8 Å². The maximum atomic E-state index is 6.07. The molecule has 4 nitrogen and oxygen atoms in total. The molecule has 2 N–H and O–H groups in total. The smallest absolute Gasteiger partial charge is 0.191 e. The van der Waals surface area contributed by atoms with Gasteiger partial charge in [0.05, 0.1) is 28.3 Å². The van der Waals surface area contributed by atoms with E-state index in [1.165, 1.54) is 0 Å². The van der Waals surface area contributed by atoms with Crippen molar-refractivity contribution in [1.82, 2.24) is 15.6 Å². The molecule has 1 atom stereocenters. The van der Waals surface area contributed by atoms with Gasteiger partial charge in [0, 0.05) is 13.2 Å². The van der Waals surface area contributed by atoms with Crippen LogP contribution in [-0.4, -0.2) is 18.0 Å². The first-order valence-electron chi connectivity index (χ1n) is 7.34. The van der Waals surface area contributed by atoms with Crippen LogP contribution in [0, 0.1) is 6.92 Å². The SMILES string of the molecule is CN=C(NCc1ncccc1C)NC(C)c1ccc(Cl)c(Cl)c1.I. The Morgan fingerprint density at radius 2 is 2.00 bits per heavy atom. The number of hydrogen-bond acceptors (Lipinski definition) is 2. The van der Waals surface area contributed by atoms with Gasteiger partial charge in [-0.1, -0.05) is 35.3 Å². The molecule has 1 heterocycles. The number of nitrogens with zero attached hydrogens (tertiary/aromatic N) is 2. The van der Waals surface area contributed by atoms with Gasteiger partial charge in [-0.2, -0.15) is 0 Å². The molecule has 1 unspecified atom stereocenters. The second-order valence-electron chi connectivity index (χ2n) is 5.23. The van der Waals surface area contributed by atoms with Gasteiger partial charge in [-0.3, -0.25) is 9.98 Å². The van der Waals surface area contributed by atoms with E-state index < -0.39 is 0 Å². The Hall–Kier alpha value is -1.05. The van der Waals surface area contributed by atoms with Crippen LogP contribution in [0.4, 0.5) is 0 Å². The van der Waals surface area contributed by atoms with Crippen LogP contribution in [0.25, 0.3) is 0 Å². The molecule has 0 saturated carbocycles. The molecule has 0 aliphatic carbocycles. The third kappa shape index (κ3) is 5.79. The number of guanidine groups is 1. The molecule has 0 fully saturated rings. The highest BCUT2D eigenvalue weighted by atomic mass is 127. The molecule has 0 radical (unpaired) electrons. The van der Waals surface area contributed by atoms with Crippen molar-refractivity contribution in [2.75, 3.05) is 7.05 Å². The first-order chi connectivity index (χ1) is 11.0. The summed E-state index contributed by atoms with van der Waals surface area (Å²) in [4.78, 5) is 8.61. The summed E-state index contributed by atoms with van der Waals surface area (Å²) in [6, 6.07) is 9.61. The van der Waals surface area contributed by atoms with E-state index in [0.717, 1.165) is 16.8 Å². The molecule has 2 rings (SSSR count). The maximum Gasteiger partial charge on any atom is 0.191 e. The van der Waals surface area contributed by atoms with Crippen molar-refractivity contribution in [3.63, 3.8) is 0 Å². The van der Waals surface area contributed by atoms with Gasteiger partial charge in [0.2, 0.25) is 0 Å². The molecule has 0 saturated heterocycles. The lowest BCUT2D eigenvalue weighted by Crippen LogP contribution is -2.38. The fourth-order valence-corrected chi connectivity index (χ4v) is 2.44. The highest BCUT2D eigenvalue weighted by molar-refractivity contribution is 14.0. The number of halogens is 3. The van der Waals surface area contributed by atoms with Gasteiger partial charge in [-0.15, -0.1) is 24.0 Å². The van der Waals surface area contributed by atoms with Crippen LogP contribution in [0.2, 0.25) is 10.0 Å². The summed E-state index contributed by atoms with van der Waals surface area (Å²) in [6.07, 6.45) is 1.79. The lowest BCUT2D eigenvalue weighted by molar-refractivity contribution is 0.682. The Bertz CT molecular complexity index is 707. The van der Waals surface area contributed by atoms with Crippen molar-refractivity contribution >= 4 is 53.1 Å². The molecular formula is C17H21Cl2IN4. The fraction of sp³-hybridized carbons (Fsp3) is 0.294. The summed E-state index contributed by atoms with van der Waals surface area (Å²) in [5, 5.41) is 7.70. The molecule has 24 heavy (non-hydrogen) atoms. The average Bonchev–Trinajstić information content (AvgIpc) is 2.55. The normalized spacial score (nSPS) is 12.3. The topological polar surface area (TPSA) is 49.3 Å². The molecule has 1 aromatic heterocycles. The van der Waals surface area contributed by atoms with Crippen molar-refractivity contribution < 1.29 is 0 Å². The first-order valence-corrected chi connectivity index (χ1v) is 8.09. The largest absolute Gasteiger partial charge is 0.351 e. The van der Waals surface area contributed by atoms with Gasteiger partial charge in [0.25, 0.3) is 0 Å². The minimum atomic E-state index is 0. The summed E-state index contributed by atoms with van der Waals surface area (Å²) in [5.74, 6) is 0.702. The minimum Gasteiger partial charge on any atom is -0.351 e. The minimum absolute atomic E-state index is 0. The summed E-state index contributed by atoms with van der Waals surface area (Å²) in [7, 11) is 1.74. The molecule has 0 amide bonds. The number of benzene rings is 1. The summed E-state index contributed by atoms with van der Waals surface area (Å²) in [5.41, 5.74) is 3.18. The van der Waals surface area contributed by atoms with E-state index in [-0.39, 0.29) is 30.0 Å². The lowest BCUT2D eigenvalue weighted by Gasteiger charge is -2.19. The van der Waals surface area contributed by atoms with Crippen LogP contribution in [-0.2, 0) is 6.54 Å². The van der Waals surface area contributed by atoms with Crippen LogP contribution in [0.5, 0.6) is 0 Å². The van der Waals surface area contributed by atoms with E-state index in [1.807, 2.05) is 38.1 Å². The van der Waals surface area contributed by atoms with E-state index in [1.54, 1.807) is 19.3 Å². The van der Waals surface area contributed by atoms with Crippen LogP contribution in [0.15, 0.2) is 41.5 Å². The monoisotopic (exact) mass is 478 g/mol. The van der Waals surface area contributed by atoms with Gasteiger partial charge in [-0.25, -0.2) is 0 Å². The summed E-state index contributed by atoms with van der Waals surface area (Å²) < 4.78 is 0. The standard InChI is InChI=1S/C17H20Cl2N4.HI/c1-11-5-4-8-21-16(11)10-22-17(20-3)23-12(2)13-6-7-14(18)15(19)9-13;/h4-9,12H,10H2,1-3H3,(H2,20,22,23);1H. The van der Waals surface area contributed by atoms with E-state index in [0.29, 0.717) is 22.5 Å². The van der Waals surface area contributed by atoms with Gasteiger partial charge in [-0.05, 0) is 43.2 Å². The van der Waals surface area contributed by atoms with E-state index in [4.69, 9.17) is 23.2 Å². The van der Waals surface area contributed by atoms with Crippen molar-refractivity contribution in [1.29, 1.82) is 0 Å². The maximum absolute atomic E-state index is 6.07. The quantitative estimate of drug-likeness (QED) is 0.379. The number of pyridine rings is 1. The zero-order chi connectivity index (χ0) is 16.8.